The summed E-state index contributed by atoms with van der Waals surface area (Å²) in [5, 5.41) is 17.2. The van der Waals surface area contributed by atoms with Gasteiger partial charge in [0.2, 0.25) is 0 Å². The van der Waals surface area contributed by atoms with E-state index in [0.29, 0.717) is 5.69 Å². The van der Waals surface area contributed by atoms with E-state index in [4.69, 9.17) is 10.00 Å². The average molecular weight is 268 g/mol. The molecular weight excluding hydrogens is 256 g/mol. The first-order chi connectivity index (χ1) is 9.74. The lowest BCUT2D eigenvalue weighted by atomic mass is 10.2. The molecule has 6 nitrogen and oxygen atoms in total. The maximum atomic E-state index is 11.5. The van der Waals surface area contributed by atoms with Gasteiger partial charge in [-0.1, -0.05) is 18.2 Å². The highest BCUT2D eigenvalue weighted by Gasteiger charge is 2.11. The zero-order valence-electron chi connectivity index (χ0n) is 10.9. The standard InChI is InChI=1S/C14H12N4O2/c1-2-20-14(19)11(9-15)8-12-10-16-18(17-12)13-6-4-3-5-7-13/h3-8,10H,2H2,1H3. The monoisotopic (exact) mass is 268 g/mol. The van der Waals surface area contributed by atoms with Crippen LogP contribution in [0.2, 0.25) is 0 Å². The first-order valence-electron chi connectivity index (χ1n) is 6.01. The van der Waals surface area contributed by atoms with Gasteiger partial charge in [-0.05, 0) is 25.1 Å². The summed E-state index contributed by atoms with van der Waals surface area (Å²) >= 11 is 0. The molecule has 0 spiro atoms. The van der Waals surface area contributed by atoms with Gasteiger partial charge in [-0.25, -0.2) is 4.79 Å². The van der Waals surface area contributed by atoms with Crippen molar-refractivity contribution in [3.05, 3.63) is 47.8 Å². The van der Waals surface area contributed by atoms with Crippen molar-refractivity contribution in [2.24, 2.45) is 0 Å². The van der Waals surface area contributed by atoms with Gasteiger partial charge >= 0.3 is 5.97 Å². The number of nitrogens with zero attached hydrogens (tertiary/aromatic N) is 4. The SMILES string of the molecule is CCOC(=O)C(C#N)=Cc1cnn(-c2ccccc2)n1. The maximum absolute atomic E-state index is 11.5. The van der Waals surface area contributed by atoms with E-state index in [1.807, 2.05) is 30.3 Å². The lowest BCUT2D eigenvalue weighted by Gasteiger charge is -1.98. The van der Waals surface area contributed by atoms with Gasteiger partial charge in [-0.15, -0.1) is 5.10 Å². The maximum Gasteiger partial charge on any atom is 0.348 e. The van der Waals surface area contributed by atoms with E-state index in [0.717, 1.165) is 5.69 Å². The topological polar surface area (TPSA) is 80.8 Å². The van der Waals surface area contributed by atoms with Crippen LogP contribution in [-0.2, 0) is 9.53 Å². The second-order valence-corrected chi connectivity index (χ2v) is 3.78. The average Bonchev–Trinajstić information content (AvgIpc) is 2.94. The molecule has 2 aromatic rings. The number of carbonyl (C=O) groups excluding carboxylic acids is 1. The number of ether oxygens (including phenoxy) is 1. The van der Waals surface area contributed by atoms with Crippen molar-refractivity contribution in [1.29, 1.82) is 5.26 Å². The third kappa shape index (κ3) is 3.09. The Morgan fingerprint density at radius 2 is 2.20 bits per heavy atom. The predicted molar refractivity (Wildman–Crippen MR) is 71.6 cm³/mol. The van der Waals surface area contributed by atoms with Crippen LogP contribution >= 0.6 is 0 Å². The van der Waals surface area contributed by atoms with Gasteiger partial charge in [0.1, 0.15) is 17.3 Å². The Balaban J connectivity index is 2.25. The molecule has 0 aliphatic rings. The largest absolute Gasteiger partial charge is 0.462 e. The number of nitriles is 1. The predicted octanol–water partition coefficient (Wildman–Crippen LogP) is 1.74. The molecule has 1 aromatic heterocycles. The third-order valence-corrected chi connectivity index (χ3v) is 2.40. The Labute approximate surface area is 115 Å². The summed E-state index contributed by atoms with van der Waals surface area (Å²) in [7, 11) is 0. The molecule has 0 N–H and O–H groups in total. The van der Waals surface area contributed by atoms with Crippen molar-refractivity contribution >= 4 is 12.0 Å². The molecule has 100 valence electrons. The Morgan fingerprint density at radius 3 is 2.85 bits per heavy atom. The molecule has 0 radical (unpaired) electrons. The highest BCUT2D eigenvalue weighted by atomic mass is 16.5. The molecule has 1 aromatic carbocycles. The second-order valence-electron chi connectivity index (χ2n) is 3.78. The Hall–Kier alpha value is -2.94. The molecule has 0 fully saturated rings. The van der Waals surface area contributed by atoms with E-state index >= 15 is 0 Å². The minimum Gasteiger partial charge on any atom is -0.462 e. The Bertz CT molecular complexity index is 668. The van der Waals surface area contributed by atoms with E-state index in [9.17, 15) is 4.79 Å². The Morgan fingerprint density at radius 1 is 1.45 bits per heavy atom. The van der Waals surface area contributed by atoms with Gasteiger partial charge in [0.25, 0.3) is 0 Å². The van der Waals surface area contributed by atoms with Crippen LogP contribution in [0, 0.1) is 11.3 Å². The highest BCUT2D eigenvalue weighted by molar-refractivity contribution is 5.97. The number of benzene rings is 1. The van der Waals surface area contributed by atoms with Crippen molar-refractivity contribution in [3.8, 4) is 11.8 Å². The van der Waals surface area contributed by atoms with Crippen LogP contribution < -0.4 is 0 Å². The van der Waals surface area contributed by atoms with Gasteiger partial charge in [0, 0.05) is 0 Å². The minimum atomic E-state index is -0.663. The molecule has 0 bridgehead atoms. The molecule has 0 amide bonds. The van der Waals surface area contributed by atoms with Crippen molar-refractivity contribution in [2.75, 3.05) is 6.61 Å². The van der Waals surface area contributed by atoms with Crippen LogP contribution in [-0.4, -0.2) is 27.6 Å². The first kappa shape index (κ1) is 13.5. The molecule has 2 rings (SSSR count). The van der Waals surface area contributed by atoms with Crippen molar-refractivity contribution < 1.29 is 9.53 Å². The number of rotatable bonds is 4. The van der Waals surface area contributed by atoms with Gasteiger partial charge in [0.15, 0.2) is 0 Å². The van der Waals surface area contributed by atoms with E-state index in [1.165, 1.54) is 17.1 Å². The van der Waals surface area contributed by atoms with Crippen molar-refractivity contribution in [2.45, 2.75) is 6.92 Å². The van der Waals surface area contributed by atoms with Crippen molar-refractivity contribution in [1.82, 2.24) is 15.0 Å². The summed E-state index contributed by atoms with van der Waals surface area (Å²) in [5.41, 5.74) is 1.10. The summed E-state index contributed by atoms with van der Waals surface area (Å²) in [6.45, 7) is 1.90. The third-order valence-electron chi connectivity index (χ3n) is 2.40. The normalized spacial score (nSPS) is 10.9. The van der Waals surface area contributed by atoms with E-state index in [2.05, 4.69) is 10.2 Å². The molecule has 0 aliphatic carbocycles. The highest BCUT2D eigenvalue weighted by Crippen LogP contribution is 2.08. The zero-order valence-corrected chi connectivity index (χ0v) is 10.9. The number of hydrogen-bond acceptors (Lipinski definition) is 5. The molecule has 0 unspecified atom stereocenters. The summed E-state index contributed by atoms with van der Waals surface area (Å²) in [4.78, 5) is 12.9. The first-order valence-corrected chi connectivity index (χ1v) is 6.01. The molecule has 1 heterocycles. The van der Waals surface area contributed by atoms with Gasteiger partial charge in [-0.2, -0.15) is 15.2 Å². The van der Waals surface area contributed by atoms with Crippen LogP contribution in [0.15, 0.2) is 42.1 Å². The molecule has 0 aliphatic heterocycles. The van der Waals surface area contributed by atoms with Crippen LogP contribution in [0.4, 0.5) is 0 Å². The summed E-state index contributed by atoms with van der Waals surface area (Å²) in [5.74, 6) is -0.663. The number of carbonyl (C=O) groups is 1. The molecule has 6 heteroatoms. The molecular formula is C14H12N4O2. The van der Waals surface area contributed by atoms with Crippen LogP contribution in [0.1, 0.15) is 12.6 Å². The molecule has 0 saturated heterocycles. The minimum absolute atomic E-state index is 0.105. The molecule has 0 atom stereocenters. The zero-order chi connectivity index (χ0) is 14.4. The lowest BCUT2D eigenvalue weighted by molar-refractivity contribution is -0.137. The van der Waals surface area contributed by atoms with Crippen molar-refractivity contribution in [3.63, 3.8) is 0 Å². The molecule has 0 saturated carbocycles. The van der Waals surface area contributed by atoms with E-state index in [1.54, 1.807) is 13.0 Å². The lowest BCUT2D eigenvalue weighted by Crippen LogP contribution is -2.06. The number of aromatic nitrogens is 3. The number of esters is 1. The summed E-state index contributed by atoms with van der Waals surface area (Å²) in [6, 6.07) is 11.1. The fraction of sp³-hybridized carbons (Fsp3) is 0.143. The van der Waals surface area contributed by atoms with Crippen LogP contribution in [0.25, 0.3) is 11.8 Å². The second kappa shape index (κ2) is 6.29. The van der Waals surface area contributed by atoms with Gasteiger partial charge < -0.3 is 4.74 Å². The molecule has 20 heavy (non-hydrogen) atoms. The van der Waals surface area contributed by atoms with E-state index in [-0.39, 0.29) is 12.2 Å². The van der Waals surface area contributed by atoms with Crippen LogP contribution in [0.3, 0.4) is 0 Å². The van der Waals surface area contributed by atoms with Gasteiger partial charge in [-0.3, -0.25) is 0 Å². The smallest absolute Gasteiger partial charge is 0.348 e. The number of hydrogen-bond donors (Lipinski definition) is 0. The number of para-hydroxylation sites is 1. The Kier molecular flexibility index (Phi) is 4.24. The fourth-order valence-electron chi connectivity index (χ4n) is 1.52. The summed E-state index contributed by atoms with van der Waals surface area (Å²) in [6.07, 6.45) is 2.83. The van der Waals surface area contributed by atoms with E-state index < -0.39 is 5.97 Å². The quantitative estimate of drug-likeness (QED) is 0.479. The van der Waals surface area contributed by atoms with Crippen LogP contribution in [0.5, 0.6) is 0 Å². The summed E-state index contributed by atoms with van der Waals surface area (Å²) < 4.78 is 4.77. The fourth-order valence-corrected chi connectivity index (χ4v) is 1.52. The van der Waals surface area contributed by atoms with Gasteiger partial charge in [0.05, 0.1) is 18.5 Å².